The molecule has 1 aliphatic heterocycles. The summed E-state index contributed by atoms with van der Waals surface area (Å²) in [5.41, 5.74) is 1.38. The van der Waals surface area contributed by atoms with Crippen LogP contribution < -0.4 is 10.6 Å². The SMILES string of the molecule is CC(C)CC(=N)c1nc(C(=O)N2CCNC(=O)C2(C)C)ccc1Nc1cccc(Cl)c1. The lowest BCUT2D eigenvalue weighted by Crippen LogP contribution is -2.63. The summed E-state index contributed by atoms with van der Waals surface area (Å²) in [6.07, 6.45) is 0.520. The first-order valence-corrected chi connectivity index (χ1v) is 10.7. The molecule has 0 radical (unpaired) electrons. The van der Waals surface area contributed by atoms with Crippen molar-refractivity contribution in [3.8, 4) is 0 Å². The molecule has 1 aromatic carbocycles. The van der Waals surface area contributed by atoms with E-state index in [9.17, 15) is 9.59 Å². The summed E-state index contributed by atoms with van der Waals surface area (Å²) in [5.74, 6) is -0.260. The minimum Gasteiger partial charge on any atom is -0.354 e. The van der Waals surface area contributed by atoms with Crippen molar-refractivity contribution in [2.75, 3.05) is 18.4 Å². The van der Waals surface area contributed by atoms with E-state index in [4.69, 9.17) is 17.0 Å². The van der Waals surface area contributed by atoms with Crippen molar-refractivity contribution in [1.82, 2.24) is 15.2 Å². The molecular formula is C23H28ClN5O2. The van der Waals surface area contributed by atoms with Crippen molar-refractivity contribution in [1.29, 1.82) is 5.41 Å². The number of nitrogens with one attached hydrogen (secondary N) is 3. The molecule has 1 aliphatic rings. The molecule has 0 unspecified atom stereocenters. The Kier molecular flexibility index (Phi) is 6.65. The number of benzene rings is 1. The van der Waals surface area contributed by atoms with Gasteiger partial charge in [0, 0.05) is 23.8 Å². The predicted octanol–water partition coefficient (Wildman–Crippen LogP) is 4.24. The topological polar surface area (TPSA) is 98.2 Å². The second-order valence-electron chi connectivity index (χ2n) is 8.58. The molecule has 2 aromatic rings. The summed E-state index contributed by atoms with van der Waals surface area (Å²) < 4.78 is 0. The zero-order valence-corrected chi connectivity index (χ0v) is 19.0. The molecule has 0 atom stereocenters. The van der Waals surface area contributed by atoms with Gasteiger partial charge in [0.15, 0.2) is 0 Å². The molecule has 2 heterocycles. The van der Waals surface area contributed by atoms with Gasteiger partial charge in [-0.2, -0.15) is 0 Å². The van der Waals surface area contributed by atoms with E-state index in [1.165, 1.54) is 4.90 Å². The van der Waals surface area contributed by atoms with Gasteiger partial charge in [0.05, 0.1) is 11.4 Å². The third kappa shape index (κ3) is 5.05. The summed E-state index contributed by atoms with van der Waals surface area (Å²) in [4.78, 5) is 31.6. The molecule has 7 nitrogen and oxygen atoms in total. The number of rotatable bonds is 6. The summed E-state index contributed by atoms with van der Waals surface area (Å²) in [6.45, 7) is 8.30. The zero-order chi connectivity index (χ0) is 22.8. The number of amides is 2. The number of pyridine rings is 1. The lowest BCUT2D eigenvalue weighted by Gasteiger charge is -2.41. The van der Waals surface area contributed by atoms with Crippen molar-refractivity contribution in [3.05, 3.63) is 52.8 Å². The molecule has 0 spiro atoms. The predicted molar refractivity (Wildman–Crippen MR) is 123 cm³/mol. The Balaban J connectivity index is 1.98. The number of hydrogen-bond acceptors (Lipinski definition) is 5. The maximum atomic E-state index is 13.2. The van der Waals surface area contributed by atoms with Crippen LogP contribution in [0, 0.1) is 11.3 Å². The second kappa shape index (κ2) is 9.06. The fourth-order valence-corrected chi connectivity index (χ4v) is 3.72. The first-order valence-electron chi connectivity index (χ1n) is 10.3. The lowest BCUT2D eigenvalue weighted by molar-refractivity contribution is -0.133. The van der Waals surface area contributed by atoms with Crippen molar-refractivity contribution in [3.63, 3.8) is 0 Å². The fraction of sp³-hybridized carbons (Fsp3) is 0.391. The molecule has 1 aromatic heterocycles. The van der Waals surface area contributed by atoms with Gasteiger partial charge >= 0.3 is 0 Å². The van der Waals surface area contributed by atoms with E-state index in [1.54, 1.807) is 38.1 Å². The second-order valence-corrected chi connectivity index (χ2v) is 9.01. The highest BCUT2D eigenvalue weighted by atomic mass is 35.5. The number of halogens is 1. The highest BCUT2D eigenvalue weighted by Crippen LogP contribution is 2.26. The first kappa shape index (κ1) is 22.7. The van der Waals surface area contributed by atoms with Crippen LogP contribution in [0.2, 0.25) is 5.02 Å². The minimum absolute atomic E-state index is 0.195. The third-order valence-corrected chi connectivity index (χ3v) is 5.45. The Bertz CT molecular complexity index is 1020. The van der Waals surface area contributed by atoms with Crippen LogP contribution in [0.3, 0.4) is 0 Å². The average Bonchev–Trinajstić information content (AvgIpc) is 2.69. The summed E-state index contributed by atoms with van der Waals surface area (Å²) in [7, 11) is 0. The monoisotopic (exact) mass is 441 g/mol. The number of carbonyl (C=O) groups is 2. The average molecular weight is 442 g/mol. The van der Waals surface area contributed by atoms with Gasteiger partial charge < -0.3 is 20.9 Å². The Morgan fingerprint density at radius 2 is 2.06 bits per heavy atom. The first-order chi connectivity index (χ1) is 14.6. The van der Waals surface area contributed by atoms with Gasteiger partial charge in [-0.1, -0.05) is 31.5 Å². The van der Waals surface area contributed by atoms with Crippen LogP contribution >= 0.6 is 11.6 Å². The largest absolute Gasteiger partial charge is 0.354 e. The van der Waals surface area contributed by atoms with Gasteiger partial charge in [-0.25, -0.2) is 4.98 Å². The van der Waals surface area contributed by atoms with Gasteiger partial charge in [0.1, 0.15) is 16.9 Å². The zero-order valence-electron chi connectivity index (χ0n) is 18.3. The van der Waals surface area contributed by atoms with Gasteiger partial charge in [-0.15, -0.1) is 0 Å². The number of nitrogens with zero attached hydrogens (tertiary/aromatic N) is 2. The van der Waals surface area contributed by atoms with Crippen LogP contribution in [0.5, 0.6) is 0 Å². The molecule has 164 valence electrons. The number of aromatic nitrogens is 1. The van der Waals surface area contributed by atoms with E-state index >= 15 is 0 Å². The highest BCUT2D eigenvalue weighted by Gasteiger charge is 2.41. The van der Waals surface area contributed by atoms with E-state index in [2.05, 4.69) is 15.6 Å². The fourth-order valence-electron chi connectivity index (χ4n) is 3.53. The minimum atomic E-state index is -0.972. The Hall–Kier alpha value is -2.93. The summed E-state index contributed by atoms with van der Waals surface area (Å²) in [6, 6.07) is 10.6. The smallest absolute Gasteiger partial charge is 0.273 e. The van der Waals surface area contributed by atoms with Gasteiger partial charge in [0.25, 0.3) is 5.91 Å². The molecule has 3 rings (SSSR count). The van der Waals surface area contributed by atoms with Crippen molar-refractivity contribution >= 4 is 40.5 Å². The van der Waals surface area contributed by atoms with Gasteiger partial charge in [-0.05, 0) is 56.5 Å². The molecular weight excluding hydrogens is 414 g/mol. The number of hydrogen-bond donors (Lipinski definition) is 3. The van der Waals surface area contributed by atoms with E-state index in [0.717, 1.165) is 5.69 Å². The Labute approximate surface area is 187 Å². The van der Waals surface area contributed by atoms with Crippen molar-refractivity contribution in [2.24, 2.45) is 5.92 Å². The Morgan fingerprint density at radius 1 is 1.32 bits per heavy atom. The molecule has 0 saturated carbocycles. The normalized spacial score (nSPS) is 15.5. The molecule has 8 heteroatoms. The van der Waals surface area contributed by atoms with Crippen LogP contribution in [-0.2, 0) is 4.79 Å². The standard InChI is InChI=1S/C23H28ClN5O2/c1-14(2)12-17(25)20-18(27-16-7-5-6-15(24)13-16)8-9-19(28-20)21(30)29-11-10-26-22(31)23(29,3)4/h5-9,13-14,25,27H,10-12H2,1-4H3,(H,26,31). The van der Waals surface area contributed by atoms with E-state index in [-0.39, 0.29) is 23.4 Å². The lowest BCUT2D eigenvalue weighted by atomic mass is 9.98. The molecule has 31 heavy (non-hydrogen) atoms. The maximum Gasteiger partial charge on any atom is 0.273 e. The summed E-state index contributed by atoms with van der Waals surface area (Å²) >= 11 is 6.09. The maximum absolute atomic E-state index is 13.2. The van der Waals surface area contributed by atoms with Crippen LogP contribution in [0.15, 0.2) is 36.4 Å². The van der Waals surface area contributed by atoms with Crippen LogP contribution in [-0.4, -0.2) is 46.0 Å². The summed E-state index contributed by atoms with van der Waals surface area (Å²) in [5, 5.41) is 15.2. The molecule has 1 fully saturated rings. The van der Waals surface area contributed by atoms with Crippen molar-refractivity contribution in [2.45, 2.75) is 39.7 Å². The molecule has 3 N–H and O–H groups in total. The van der Waals surface area contributed by atoms with E-state index in [0.29, 0.717) is 41.6 Å². The van der Waals surface area contributed by atoms with Crippen LogP contribution in [0.25, 0.3) is 0 Å². The third-order valence-electron chi connectivity index (χ3n) is 5.21. The molecule has 2 amide bonds. The van der Waals surface area contributed by atoms with Crippen molar-refractivity contribution < 1.29 is 9.59 Å². The quantitative estimate of drug-likeness (QED) is 0.584. The highest BCUT2D eigenvalue weighted by molar-refractivity contribution is 6.30. The number of piperazine rings is 1. The van der Waals surface area contributed by atoms with Crippen LogP contribution in [0.4, 0.5) is 11.4 Å². The van der Waals surface area contributed by atoms with Gasteiger partial charge in [-0.3, -0.25) is 9.59 Å². The van der Waals surface area contributed by atoms with E-state index in [1.807, 2.05) is 26.0 Å². The molecule has 0 bridgehead atoms. The molecule has 1 saturated heterocycles. The molecule has 0 aliphatic carbocycles. The van der Waals surface area contributed by atoms with Gasteiger partial charge in [0.2, 0.25) is 5.91 Å². The number of carbonyl (C=O) groups excluding carboxylic acids is 2. The van der Waals surface area contributed by atoms with E-state index < -0.39 is 5.54 Å². The Morgan fingerprint density at radius 3 is 2.74 bits per heavy atom. The number of anilines is 2. The van der Waals surface area contributed by atoms with Crippen LogP contribution in [0.1, 0.15) is 50.3 Å².